The molecule has 23 heavy (non-hydrogen) atoms. The third kappa shape index (κ3) is 3.10. The van der Waals surface area contributed by atoms with E-state index >= 15 is 0 Å². The van der Waals surface area contributed by atoms with Crippen molar-refractivity contribution in [2.24, 2.45) is 4.99 Å². The van der Waals surface area contributed by atoms with Gasteiger partial charge in [0.1, 0.15) is 5.69 Å². The van der Waals surface area contributed by atoms with Crippen LogP contribution in [0.3, 0.4) is 0 Å². The van der Waals surface area contributed by atoms with Gasteiger partial charge in [0.25, 0.3) is 0 Å². The van der Waals surface area contributed by atoms with E-state index in [1.807, 2.05) is 37.6 Å². The van der Waals surface area contributed by atoms with Crippen molar-refractivity contribution in [2.75, 3.05) is 19.8 Å². The van der Waals surface area contributed by atoms with Crippen LogP contribution in [-0.2, 0) is 0 Å². The van der Waals surface area contributed by atoms with Crippen LogP contribution in [0.5, 0.6) is 0 Å². The number of nitrogens with zero attached hydrogens (tertiary/aromatic N) is 4. The highest BCUT2D eigenvalue weighted by Gasteiger charge is 2.30. The molecule has 0 spiro atoms. The van der Waals surface area contributed by atoms with Crippen LogP contribution in [0.25, 0.3) is 11.3 Å². The summed E-state index contributed by atoms with van der Waals surface area (Å²) < 4.78 is 5.53. The predicted molar refractivity (Wildman–Crippen MR) is 92.2 cm³/mol. The van der Waals surface area contributed by atoms with Crippen molar-refractivity contribution in [2.45, 2.75) is 18.9 Å². The molecule has 0 bridgehead atoms. The van der Waals surface area contributed by atoms with Crippen LogP contribution in [0.4, 0.5) is 0 Å². The Morgan fingerprint density at radius 3 is 3.09 bits per heavy atom. The summed E-state index contributed by atoms with van der Waals surface area (Å²) in [6.45, 7) is 0.990. The summed E-state index contributed by atoms with van der Waals surface area (Å²) in [5.74, 6) is 0.697. The summed E-state index contributed by atoms with van der Waals surface area (Å²) in [6, 6.07) is 11.7. The van der Waals surface area contributed by atoms with Crippen LogP contribution in [0.15, 0.2) is 39.8 Å². The summed E-state index contributed by atoms with van der Waals surface area (Å²) in [7, 11) is 1.82. The van der Waals surface area contributed by atoms with Gasteiger partial charge in [-0.3, -0.25) is 4.99 Å². The molecule has 118 valence electrons. The maximum absolute atomic E-state index is 9.02. The van der Waals surface area contributed by atoms with Crippen LogP contribution >= 0.6 is 11.8 Å². The lowest BCUT2D eigenvalue weighted by molar-refractivity contribution is 0.362. The molecular formula is C17H18N4OS. The molecule has 2 heterocycles. The van der Waals surface area contributed by atoms with Crippen molar-refractivity contribution >= 4 is 16.9 Å². The lowest BCUT2D eigenvalue weighted by Gasteiger charge is -2.24. The van der Waals surface area contributed by atoms with Gasteiger partial charge in [0, 0.05) is 25.2 Å². The fraction of sp³-hybridized carbons (Fsp3) is 0.353. The summed E-state index contributed by atoms with van der Waals surface area (Å²) in [4.78, 5) is 6.65. The molecule has 0 aliphatic carbocycles. The zero-order valence-corrected chi connectivity index (χ0v) is 14.0. The van der Waals surface area contributed by atoms with E-state index in [0.717, 1.165) is 35.8 Å². The topological polar surface area (TPSA) is 65.4 Å². The average molecular weight is 326 g/mol. The zero-order chi connectivity index (χ0) is 16.2. The lowest BCUT2D eigenvalue weighted by atomic mass is 10.1. The molecule has 1 aromatic heterocycles. The van der Waals surface area contributed by atoms with Gasteiger partial charge < -0.3 is 9.42 Å². The maximum Gasteiger partial charge on any atom is 0.167 e. The molecule has 0 saturated carbocycles. The van der Waals surface area contributed by atoms with Crippen molar-refractivity contribution in [1.82, 2.24) is 10.1 Å². The van der Waals surface area contributed by atoms with Crippen molar-refractivity contribution in [3.8, 4) is 17.4 Å². The number of aromatic nitrogens is 1. The van der Waals surface area contributed by atoms with Gasteiger partial charge in [-0.05, 0) is 31.2 Å². The Balaban J connectivity index is 1.88. The van der Waals surface area contributed by atoms with E-state index in [-0.39, 0.29) is 6.04 Å². The first kappa shape index (κ1) is 15.6. The van der Waals surface area contributed by atoms with Crippen molar-refractivity contribution in [1.29, 1.82) is 5.26 Å². The summed E-state index contributed by atoms with van der Waals surface area (Å²) in [5.41, 5.74) is 2.42. The van der Waals surface area contributed by atoms with Gasteiger partial charge in [0.05, 0.1) is 17.7 Å². The second kappa shape index (κ2) is 6.88. The summed E-state index contributed by atoms with van der Waals surface area (Å²) in [6.07, 6.45) is 4.21. The number of likely N-dealkylation sites (tertiary alicyclic amines) is 1. The van der Waals surface area contributed by atoms with E-state index in [1.54, 1.807) is 17.8 Å². The molecule has 2 aromatic rings. The second-order valence-electron chi connectivity index (χ2n) is 5.37. The number of rotatable bonds is 2. The first-order valence-corrected chi connectivity index (χ1v) is 8.74. The molecule has 1 fully saturated rings. The van der Waals surface area contributed by atoms with Crippen LogP contribution in [0.1, 0.15) is 30.1 Å². The van der Waals surface area contributed by atoms with Gasteiger partial charge in [0.15, 0.2) is 10.9 Å². The first-order valence-electron chi connectivity index (χ1n) is 7.51. The van der Waals surface area contributed by atoms with Crippen LogP contribution < -0.4 is 0 Å². The molecule has 1 aliphatic rings. The quantitative estimate of drug-likeness (QED) is 0.622. The number of nitriles is 1. The Labute approximate surface area is 140 Å². The van der Waals surface area contributed by atoms with E-state index in [0.29, 0.717) is 11.3 Å². The Morgan fingerprint density at radius 1 is 1.48 bits per heavy atom. The third-order valence-electron chi connectivity index (χ3n) is 4.02. The first-order chi connectivity index (χ1) is 11.3. The molecule has 0 amide bonds. The van der Waals surface area contributed by atoms with Gasteiger partial charge in [0.2, 0.25) is 0 Å². The molecule has 1 saturated heterocycles. The van der Waals surface area contributed by atoms with Crippen LogP contribution in [0.2, 0.25) is 0 Å². The van der Waals surface area contributed by atoms with Gasteiger partial charge in [-0.2, -0.15) is 5.26 Å². The van der Waals surface area contributed by atoms with Gasteiger partial charge in [-0.25, -0.2) is 0 Å². The highest BCUT2D eigenvalue weighted by Crippen LogP contribution is 2.35. The molecule has 5 nitrogen and oxygen atoms in total. The normalized spacial score (nSPS) is 18.2. The largest absolute Gasteiger partial charge is 0.356 e. The second-order valence-corrected chi connectivity index (χ2v) is 6.14. The van der Waals surface area contributed by atoms with Gasteiger partial charge in [-0.1, -0.05) is 29.1 Å². The lowest BCUT2D eigenvalue weighted by Crippen LogP contribution is -2.28. The molecule has 6 heteroatoms. The molecule has 3 rings (SSSR count). The molecule has 1 unspecified atom stereocenters. The monoisotopic (exact) mass is 326 g/mol. The van der Waals surface area contributed by atoms with Crippen molar-refractivity contribution in [3.05, 3.63) is 41.6 Å². The number of hydrogen-bond acceptors (Lipinski definition) is 5. The Bertz CT molecular complexity index is 762. The number of hydrogen-bond donors (Lipinski definition) is 0. The maximum atomic E-state index is 9.02. The summed E-state index contributed by atoms with van der Waals surface area (Å²) >= 11 is 1.66. The Kier molecular flexibility index (Phi) is 4.68. The summed E-state index contributed by atoms with van der Waals surface area (Å²) in [5, 5.41) is 14.3. The molecule has 1 atom stereocenters. The molecule has 1 aliphatic heterocycles. The van der Waals surface area contributed by atoms with Gasteiger partial charge in [-0.15, -0.1) is 0 Å². The highest BCUT2D eigenvalue weighted by molar-refractivity contribution is 8.13. The smallest absolute Gasteiger partial charge is 0.167 e. The minimum Gasteiger partial charge on any atom is -0.356 e. The van der Waals surface area contributed by atoms with E-state index in [9.17, 15) is 0 Å². The average Bonchev–Trinajstić information content (AvgIpc) is 3.25. The molecule has 1 aromatic carbocycles. The van der Waals surface area contributed by atoms with Gasteiger partial charge >= 0.3 is 0 Å². The van der Waals surface area contributed by atoms with E-state index in [2.05, 4.69) is 21.1 Å². The van der Waals surface area contributed by atoms with Crippen LogP contribution in [0, 0.1) is 11.3 Å². The standard InChI is InChI=1S/C17H18N4OS/c1-19-17(23-2)21-8-4-7-15(21)14-10-16(22-20-14)13-6-3-5-12(9-13)11-18/h3,5-6,9-10,15H,4,7-8H2,1-2H3/b19-17-. The number of thioether (sulfide) groups is 1. The van der Waals surface area contributed by atoms with E-state index < -0.39 is 0 Å². The number of benzene rings is 1. The Morgan fingerprint density at radius 2 is 2.35 bits per heavy atom. The Hall–Kier alpha value is -2.26. The zero-order valence-electron chi connectivity index (χ0n) is 13.2. The SMILES string of the molecule is C/N=C(\SC)N1CCCC1c1cc(-c2cccc(C#N)c2)on1. The van der Waals surface area contributed by atoms with Crippen LogP contribution in [-0.4, -0.2) is 35.1 Å². The van der Waals surface area contributed by atoms with Crippen molar-refractivity contribution < 1.29 is 4.52 Å². The molecule has 0 N–H and O–H groups in total. The van der Waals surface area contributed by atoms with Crippen molar-refractivity contribution in [3.63, 3.8) is 0 Å². The fourth-order valence-electron chi connectivity index (χ4n) is 2.96. The minimum atomic E-state index is 0.206. The number of amidine groups is 1. The third-order valence-corrected chi connectivity index (χ3v) is 4.80. The molecule has 0 radical (unpaired) electrons. The van der Waals surface area contributed by atoms with E-state index in [4.69, 9.17) is 9.78 Å². The number of aliphatic imine (C=N–C) groups is 1. The highest BCUT2D eigenvalue weighted by atomic mass is 32.2. The molecular weight excluding hydrogens is 308 g/mol. The van der Waals surface area contributed by atoms with E-state index in [1.165, 1.54) is 0 Å². The predicted octanol–water partition coefficient (Wildman–Crippen LogP) is 3.70. The fourth-order valence-corrected chi connectivity index (χ4v) is 3.60. The minimum absolute atomic E-state index is 0.206.